The first kappa shape index (κ1) is 12.4. The first-order chi connectivity index (χ1) is 6.51. The number of hydrogen-bond donors (Lipinski definition) is 0. The number of carbonyl (C=O) groups excluding carboxylic acids is 2. The summed E-state index contributed by atoms with van der Waals surface area (Å²) in [5.41, 5.74) is 0. The van der Waals surface area contributed by atoms with Gasteiger partial charge in [-0.2, -0.15) is 0 Å². The third-order valence-electron chi connectivity index (χ3n) is 1.30. The molecule has 0 saturated carbocycles. The van der Waals surface area contributed by atoms with Crippen molar-refractivity contribution < 1.29 is 19.1 Å². The van der Waals surface area contributed by atoms with Gasteiger partial charge in [-0.05, 0) is 6.08 Å². The summed E-state index contributed by atoms with van der Waals surface area (Å²) in [5.74, 6) is -0.427. The monoisotopic (exact) mass is 198 g/mol. The molecule has 0 spiro atoms. The molecule has 78 valence electrons. The Bertz CT molecular complexity index is 276. The predicted octanol–water partition coefficient (Wildman–Crippen LogP) is 1.92. The van der Waals surface area contributed by atoms with Crippen molar-refractivity contribution in [1.29, 1.82) is 0 Å². The Morgan fingerprint density at radius 1 is 1.21 bits per heavy atom. The van der Waals surface area contributed by atoms with Gasteiger partial charge >= 0.3 is 11.9 Å². The second-order valence-electron chi connectivity index (χ2n) is 2.53. The average Bonchev–Trinajstić information content (AvgIpc) is 2.10. The lowest BCUT2D eigenvalue weighted by Crippen LogP contribution is -2.05. The summed E-state index contributed by atoms with van der Waals surface area (Å²) in [6, 6.07) is 0. The highest BCUT2D eigenvalue weighted by atomic mass is 16.6. The van der Waals surface area contributed by atoms with E-state index in [2.05, 4.69) is 6.58 Å². The zero-order valence-corrected chi connectivity index (χ0v) is 8.62. The van der Waals surface area contributed by atoms with Crippen LogP contribution in [0.4, 0.5) is 0 Å². The van der Waals surface area contributed by atoms with Crippen LogP contribution in [0.2, 0.25) is 0 Å². The van der Waals surface area contributed by atoms with Gasteiger partial charge in [0.25, 0.3) is 0 Å². The second kappa shape index (κ2) is 5.96. The molecule has 4 heteroatoms. The summed E-state index contributed by atoms with van der Waals surface area (Å²) in [6.07, 6.45) is 1.79. The lowest BCUT2D eigenvalue weighted by molar-refractivity contribution is -0.140. The Morgan fingerprint density at radius 2 is 1.71 bits per heavy atom. The highest BCUT2D eigenvalue weighted by Crippen LogP contribution is 2.13. The van der Waals surface area contributed by atoms with Gasteiger partial charge in [0, 0.05) is 20.3 Å². The van der Waals surface area contributed by atoms with Gasteiger partial charge in [-0.25, -0.2) is 0 Å². The first-order valence-electron chi connectivity index (χ1n) is 4.23. The maximum Gasteiger partial charge on any atom is 0.308 e. The number of ether oxygens (including phenoxy) is 2. The Labute approximate surface area is 83.2 Å². The van der Waals surface area contributed by atoms with Crippen LogP contribution in [0.1, 0.15) is 27.2 Å². The van der Waals surface area contributed by atoms with E-state index in [1.807, 2.05) is 0 Å². The summed E-state index contributed by atoms with van der Waals surface area (Å²) in [5, 5.41) is 0. The number of esters is 2. The standard InChI is InChI=1S/C10H14O4/c1-5-9(13-7(3)11)10(6-2)14-8(4)12/h5H,1,6H2,2-4H3. The van der Waals surface area contributed by atoms with Gasteiger partial charge in [0.2, 0.25) is 0 Å². The molecule has 0 N–H and O–H groups in total. The third kappa shape index (κ3) is 4.45. The van der Waals surface area contributed by atoms with Gasteiger partial charge in [-0.3, -0.25) is 9.59 Å². The summed E-state index contributed by atoms with van der Waals surface area (Å²) >= 11 is 0. The molecule has 0 radical (unpaired) electrons. The van der Waals surface area contributed by atoms with Crippen molar-refractivity contribution in [3.05, 3.63) is 24.2 Å². The van der Waals surface area contributed by atoms with Crippen molar-refractivity contribution in [2.75, 3.05) is 0 Å². The maximum absolute atomic E-state index is 10.7. The first-order valence-corrected chi connectivity index (χ1v) is 4.23. The van der Waals surface area contributed by atoms with E-state index >= 15 is 0 Å². The maximum atomic E-state index is 10.7. The van der Waals surface area contributed by atoms with E-state index in [0.717, 1.165) is 0 Å². The smallest absolute Gasteiger partial charge is 0.308 e. The summed E-state index contributed by atoms with van der Waals surface area (Å²) < 4.78 is 9.64. The van der Waals surface area contributed by atoms with Crippen molar-refractivity contribution in [3.8, 4) is 0 Å². The van der Waals surface area contributed by atoms with E-state index in [1.54, 1.807) is 6.92 Å². The SMILES string of the molecule is C=CC(OC(C)=O)=C(CC)OC(C)=O. The molecule has 0 unspecified atom stereocenters. The lowest BCUT2D eigenvalue weighted by Gasteiger charge is -2.09. The topological polar surface area (TPSA) is 52.6 Å². The fraction of sp³-hybridized carbons (Fsp3) is 0.400. The van der Waals surface area contributed by atoms with Crippen molar-refractivity contribution in [2.24, 2.45) is 0 Å². The molecule has 0 aromatic rings. The Balaban J connectivity index is 4.80. The molecule has 0 aliphatic heterocycles. The van der Waals surface area contributed by atoms with E-state index < -0.39 is 11.9 Å². The highest BCUT2D eigenvalue weighted by Gasteiger charge is 2.09. The van der Waals surface area contributed by atoms with E-state index in [4.69, 9.17) is 9.47 Å². The minimum Gasteiger partial charge on any atom is -0.427 e. The number of carbonyl (C=O) groups is 2. The highest BCUT2D eigenvalue weighted by molar-refractivity contribution is 5.69. The third-order valence-corrected chi connectivity index (χ3v) is 1.30. The van der Waals surface area contributed by atoms with Gasteiger partial charge in [0.1, 0.15) is 5.76 Å². The molecule has 4 nitrogen and oxygen atoms in total. The molecule has 0 bridgehead atoms. The van der Waals surface area contributed by atoms with Gasteiger partial charge in [-0.15, -0.1) is 0 Å². The Hall–Kier alpha value is -1.58. The van der Waals surface area contributed by atoms with Crippen molar-refractivity contribution in [2.45, 2.75) is 27.2 Å². The normalized spacial score (nSPS) is 11.4. The number of hydrogen-bond acceptors (Lipinski definition) is 4. The molecule has 14 heavy (non-hydrogen) atoms. The van der Waals surface area contributed by atoms with Crippen LogP contribution in [0.25, 0.3) is 0 Å². The van der Waals surface area contributed by atoms with E-state index in [1.165, 1.54) is 19.9 Å². The van der Waals surface area contributed by atoms with Gasteiger partial charge in [0.05, 0.1) is 0 Å². The minimum atomic E-state index is -0.474. The molecule has 0 fully saturated rings. The van der Waals surface area contributed by atoms with Crippen molar-refractivity contribution >= 4 is 11.9 Å². The summed E-state index contributed by atoms with van der Waals surface area (Å²) in [6.45, 7) is 7.80. The largest absolute Gasteiger partial charge is 0.427 e. The summed E-state index contributed by atoms with van der Waals surface area (Å²) in [4.78, 5) is 21.4. The van der Waals surface area contributed by atoms with Crippen LogP contribution in [0.5, 0.6) is 0 Å². The van der Waals surface area contributed by atoms with Crippen LogP contribution in [-0.4, -0.2) is 11.9 Å². The van der Waals surface area contributed by atoms with Crippen LogP contribution in [0, 0.1) is 0 Å². The fourth-order valence-corrected chi connectivity index (χ4v) is 0.837. The second-order valence-corrected chi connectivity index (χ2v) is 2.53. The van der Waals surface area contributed by atoms with Crippen LogP contribution in [-0.2, 0) is 19.1 Å². The molecule has 0 rings (SSSR count). The molecular formula is C10H14O4. The molecule has 0 amide bonds. The van der Waals surface area contributed by atoms with E-state index in [0.29, 0.717) is 12.2 Å². The van der Waals surface area contributed by atoms with Crippen molar-refractivity contribution in [3.63, 3.8) is 0 Å². The zero-order valence-electron chi connectivity index (χ0n) is 8.62. The zero-order chi connectivity index (χ0) is 11.1. The van der Waals surface area contributed by atoms with Gasteiger partial charge in [0.15, 0.2) is 5.76 Å². The van der Waals surface area contributed by atoms with E-state index in [9.17, 15) is 9.59 Å². The van der Waals surface area contributed by atoms with Gasteiger partial charge < -0.3 is 9.47 Å². The predicted molar refractivity (Wildman–Crippen MR) is 51.0 cm³/mol. The van der Waals surface area contributed by atoms with Crippen LogP contribution < -0.4 is 0 Å². The van der Waals surface area contributed by atoms with Crippen LogP contribution in [0.3, 0.4) is 0 Å². The molecule has 0 aliphatic rings. The molecule has 0 atom stereocenters. The van der Waals surface area contributed by atoms with E-state index in [-0.39, 0.29) is 5.76 Å². The average molecular weight is 198 g/mol. The summed E-state index contributed by atoms with van der Waals surface area (Å²) in [7, 11) is 0. The number of allylic oxidation sites excluding steroid dienone is 2. The number of rotatable bonds is 4. The molecule has 0 aromatic heterocycles. The molecule has 0 saturated heterocycles. The Morgan fingerprint density at radius 3 is 2.00 bits per heavy atom. The van der Waals surface area contributed by atoms with Crippen LogP contribution >= 0.6 is 0 Å². The molecule has 0 aliphatic carbocycles. The quantitative estimate of drug-likeness (QED) is 0.393. The van der Waals surface area contributed by atoms with Gasteiger partial charge in [-0.1, -0.05) is 13.5 Å². The van der Waals surface area contributed by atoms with Crippen molar-refractivity contribution in [1.82, 2.24) is 0 Å². The molecule has 0 heterocycles. The van der Waals surface area contributed by atoms with Crippen LogP contribution in [0.15, 0.2) is 24.2 Å². The molecule has 0 aromatic carbocycles. The Kier molecular flexibility index (Phi) is 5.29. The molecular weight excluding hydrogens is 184 g/mol. The fourth-order valence-electron chi connectivity index (χ4n) is 0.837. The minimum absolute atomic E-state index is 0.190. The lowest BCUT2D eigenvalue weighted by atomic mass is 10.3.